The van der Waals surface area contributed by atoms with Crippen LogP contribution in [0.2, 0.25) is 0 Å². The van der Waals surface area contributed by atoms with Crippen LogP contribution in [0.3, 0.4) is 0 Å². The van der Waals surface area contributed by atoms with E-state index in [1.165, 1.54) is 0 Å². The van der Waals surface area contributed by atoms with Crippen molar-refractivity contribution in [1.29, 1.82) is 0 Å². The van der Waals surface area contributed by atoms with Gasteiger partial charge in [0.15, 0.2) is 0 Å². The van der Waals surface area contributed by atoms with E-state index in [-0.39, 0.29) is 23.4 Å². The summed E-state index contributed by atoms with van der Waals surface area (Å²) in [6.45, 7) is 3.54. The summed E-state index contributed by atoms with van der Waals surface area (Å²) >= 11 is 0. The average molecular weight is 435 g/mol. The second-order valence-corrected chi connectivity index (χ2v) is 8.32. The maximum absolute atomic E-state index is 13.6. The van der Waals surface area contributed by atoms with E-state index in [2.05, 4.69) is 10.2 Å². The lowest BCUT2D eigenvalue weighted by molar-refractivity contribution is -0.137. The summed E-state index contributed by atoms with van der Waals surface area (Å²) in [6, 6.07) is 9.48. The van der Waals surface area contributed by atoms with Crippen molar-refractivity contribution in [2.75, 3.05) is 39.8 Å². The normalized spacial score (nSPS) is 21.9. The van der Waals surface area contributed by atoms with Gasteiger partial charge in [-0.2, -0.15) is 13.2 Å². The molecule has 0 aromatic heterocycles. The first-order valence-electron chi connectivity index (χ1n) is 10.4. The van der Waals surface area contributed by atoms with Crippen molar-refractivity contribution in [1.82, 2.24) is 15.1 Å². The Morgan fingerprint density at radius 1 is 1.06 bits per heavy atom. The van der Waals surface area contributed by atoms with Gasteiger partial charge in [-0.15, -0.1) is 0 Å². The van der Waals surface area contributed by atoms with E-state index in [4.69, 9.17) is 0 Å². The summed E-state index contributed by atoms with van der Waals surface area (Å²) in [5, 5.41) is 3.29. The molecule has 4 nitrogen and oxygen atoms in total. The molecule has 2 aromatic carbocycles. The molecule has 1 aliphatic carbocycles. The molecule has 0 bridgehead atoms. The number of carbonyl (C=O) groups excluding carboxylic acids is 1. The number of amides is 1. The van der Waals surface area contributed by atoms with Gasteiger partial charge < -0.3 is 15.1 Å². The SMILES string of the molecule is CN1CCN(C(=O)CN[C@H]2C[C@@H]2c2ccc(-c3cc(F)ccc3C(F)(F)F)cc2)CC1. The van der Waals surface area contributed by atoms with Crippen molar-refractivity contribution in [3.05, 3.63) is 59.4 Å². The quantitative estimate of drug-likeness (QED) is 0.727. The van der Waals surface area contributed by atoms with Gasteiger partial charge in [0.25, 0.3) is 0 Å². The molecule has 1 amide bonds. The molecule has 0 radical (unpaired) electrons. The Hall–Kier alpha value is -2.45. The van der Waals surface area contributed by atoms with Crippen molar-refractivity contribution in [3.63, 3.8) is 0 Å². The minimum atomic E-state index is -4.55. The highest BCUT2D eigenvalue weighted by Gasteiger charge is 2.39. The first kappa shape index (κ1) is 21.8. The number of hydrogen-bond acceptors (Lipinski definition) is 3. The summed E-state index contributed by atoms with van der Waals surface area (Å²) in [7, 11) is 2.04. The Morgan fingerprint density at radius 2 is 1.74 bits per heavy atom. The van der Waals surface area contributed by atoms with Gasteiger partial charge in [-0.3, -0.25) is 4.79 Å². The minimum Gasteiger partial charge on any atom is -0.339 e. The number of nitrogens with one attached hydrogen (secondary N) is 1. The first-order valence-corrected chi connectivity index (χ1v) is 10.4. The highest BCUT2D eigenvalue weighted by atomic mass is 19.4. The maximum atomic E-state index is 13.6. The molecule has 0 spiro atoms. The van der Waals surface area contributed by atoms with E-state index in [0.717, 1.165) is 56.4 Å². The molecule has 0 unspecified atom stereocenters. The van der Waals surface area contributed by atoms with Crippen LogP contribution < -0.4 is 5.32 Å². The largest absolute Gasteiger partial charge is 0.417 e. The van der Waals surface area contributed by atoms with Crippen LogP contribution in [0.1, 0.15) is 23.5 Å². The van der Waals surface area contributed by atoms with E-state index in [9.17, 15) is 22.4 Å². The number of hydrogen-bond donors (Lipinski definition) is 1. The number of alkyl halides is 3. The Balaban J connectivity index is 1.36. The summed E-state index contributed by atoms with van der Waals surface area (Å²) in [5.41, 5.74) is 0.307. The number of piperazine rings is 1. The standard InChI is InChI=1S/C23H25F4N3O/c1-29-8-10-30(11-9-29)22(31)14-28-21-13-19(21)16-4-2-15(3-5-16)18-12-17(24)6-7-20(18)23(25,26)27/h2-7,12,19,21,28H,8-11,13-14H2,1H3/t19-,21+/m1/s1. The van der Waals surface area contributed by atoms with Gasteiger partial charge in [-0.25, -0.2) is 4.39 Å². The van der Waals surface area contributed by atoms with Gasteiger partial charge in [0, 0.05) is 38.1 Å². The van der Waals surface area contributed by atoms with E-state index in [1.807, 2.05) is 11.9 Å². The molecule has 2 fully saturated rings. The molecule has 1 heterocycles. The van der Waals surface area contributed by atoms with Crippen LogP contribution in [0.25, 0.3) is 11.1 Å². The topological polar surface area (TPSA) is 35.6 Å². The molecule has 2 aromatic rings. The number of halogens is 4. The van der Waals surface area contributed by atoms with E-state index < -0.39 is 17.6 Å². The first-order chi connectivity index (χ1) is 14.7. The lowest BCUT2D eigenvalue weighted by atomic mass is 9.97. The van der Waals surface area contributed by atoms with Crippen molar-refractivity contribution in [3.8, 4) is 11.1 Å². The third-order valence-corrected chi connectivity index (χ3v) is 6.10. The van der Waals surface area contributed by atoms with Gasteiger partial charge in [0.2, 0.25) is 5.91 Å². The molecular formula is C23H25F4N3O. The van der Waals surface area contributed by atoms with E-state index in [0.29, 0.717) is 12.1 Å². The Bertz CT molecular complexity index is 937. The predicted octanol–water partition coefficient (Wildman–Crippen LogP) is 3.73. The van der Waals surface area contributed by atoms with Crippen LogP contribution in [0.5, 0.6) is 0 Å². The smallest absolute Gasteiger partial charge is 0.339 e. The molecule has 2 aliphatic rings. The van der Waals surface area contributed by atoms with Crippen LogP contribution in [-0.4, -0.2) is 61.5 Å². The summed E-state index contributed by atoms with van der Waals surface area (Å²) in [4.78, 5) is 16.4. The summed E-state index contributed by atoms with van der Waals surface area (Å²) in [5.74, 6) is -0.382. The fraction of sp³-hybridized carbons (Fsp3) is 0.435. The number of rotatable bonds is 5. The lowest BCUT2D eigenvalue weighted by Gasteiger charge is -2.32. The third-order valence-electron chi connectivity index (χ3n) is 6.10. The predicted molar refractivity (Wildman–Crippen MR) is 110 cm³/mol. The van der Waals surface area contributed by atoms with Gasteiger partial charge >= 0.3 is 6.18 Å². The highest BCUT2D eigenvalue weighted by molar-refractivity contribution is 5.78. The molecule has 1 saturated carbocycles. The van der Waals surface area contributed by atoms with Crippen molar-refractivity contribution >= 4 is 5.91 Å². The van der Waals surface area contributed by atoms with E-state index in [1.54, 1.807) is 24.3 Å². The van der Waals surface area contributed by atoms with Crippen molar-refractivity contribution in [2.24, 2.45) is 0 Å². The van der Waals surface area contributed by atoms with Crippen LogP contribution in [0.4, 0.5) is 17.6 Å². The second-order valence-electron chi connectivity index (χ2n) is 8.32. The van der Waals surface area contributed by atoms with Gasteiger partial charge in [-0.1, -0.05) is 24.3 Å². The third kappa shape index (κ3) is 5.07. The zero-order chi connectivity index (χ0) is 22.2. The van der Waals surface area contributed by atoms with Crippen LogP contribution >= 0.6 is 0 Å². The molecule has 166 valence electrons. The monoisotopic (exact) mass is 435 g/mol. The summed E-state index contributed by atoms with van der Waals surface area (Å²) in [6.07, 6.45) is -3.67. The molecule has 4 rings (SSSR count). The summed E-state index contributed by atoms with van der Waals surface area (Å²) < 4.78 is 53.4. The van der Waals surface area contributed by atoms with Crippen LogP contribution in [0.15, 0.2) is 42.5 Å². The zero-order valence-electron chi connectivity index (χ0n) is 17.3. The Labute approximate surface area is 178 Å². The van der Waals surface area contributed by atoms with E-state index >= 15 is 0 Å². The fourth-order valence-electron chi connectivity index (χ4n) is 4.09. The maximum Gasteiger partial charge on any atom is 0.417 e. The van der Waals surface area contributed by atoms with Gasteiger partial charge in [0.05, 0.1) is 12.1 Å². The molecule has 1 aliphatic heterocycles. The number of likely N-dealkylation sites (N-methyl/N-ethyl adjacent to an activating group) is 1. The van der Waals surface area contributed by atoms with Crippen LogP contribution in [-0.2, 0) is 11.0 Å². The fourth-order valence-corrected chi connectivity index (χ4v) is 4.09. The number of benzene rings is 2. The Kier molecular flexibility index (Phi) is 6.03. The number of nitrogens with zero attached hydrogens (tertiary/aromatic N) is 2. The van der Waals surface area contributed by atoms with Gasteiger partial charge in [-0.05, 0) is 48.4 Å². The molecule has 8 heteroatoms. The molecule has 31 heavy (non-hydrogen) atoms. The minimum absolute atomic E-state index is 0.0971. The molecule has 2 atom stereocenters. The molecule has 1 saturated heterocycles. The average Bonchev–Trinajstić information content (AvgIpc) is 3.51. The zero-order valence-corrected chi connectivity index (χ0v) is 17.3. The van der Waals surface area contributed by atoms with Crippen LogP contribution in [0, 0.1) is 5.82 Å². The highest BCUT2D eigenvalue weighted by Crippen LogP contribution is 2.42. The van der Waals surface area contributed by atoms with Gasteiger partial charge in [0.1, 0.15) is 5.82 Å². The lowest BCUT2D eigenvalue weighted by Crippen LogP contribution is -2.49. The van der Waals surface area contributed by atoms with Crippen molar-refractivity contribution in [2.45, 2.75) is 24.6 Å². The number of carbonyl (C=O) groups is 1. The van der Waals surface area contributed by atoms with Crippen molar-refractivity contribution < 1.29 is 22.4 Å². The Morgan fingerprint density at radius 3 is 2.39 bits per heavy atom. The molecular weight excluding hydrogens is 410 g/mol. The molecule has 1 N–H and O–H groups in total. The second kappa shape index (κ2) is 8.59.